The van der Waals surface area contributed by atoms with Gasteiger partial charge in [0.2, 0.25) is 0 Å². The molecule has 2 aliphatic rings. The van der Waals surface area contributed by atoms with Crippen LogP contribution >= 0.6 is 11.6 Å². The molecule has 0 radical (unpaired) electrons. The van der Waals surface area contributed by atoms with Gasteiger partial charge in [-0.1, -0.05) is 36.7 Å². The summed E-state index contributed by atoms with van der Waals surface area (Å²) in [6.07, 6.45) is 5.26. The molecule has 0 aliphatic carbocycles. The largest absolute Gasteiger partial charge is 0.493 e. The second kappa shape index (κ2) is 17.0. The Morgan fingerprint density at radius 1 is 1.00 bits per heavy atom. The molecule has 1 saturated heterocycles. The van der Waals surface area contributed by atoms with E-state index in [0.717, 1.165) is 115 Å². The highest BCUT2D eigenvalue weighted by Gasteiger charge is 2.32. The summed E-state index contributed by atoms with van der Waals surface area (Å²) in [6, 6.07) is 14.4. The smallest absolute Gasteiger partial charge is 0.355 e. The normalized spacial score (nSPS) is 16.8. The van der Waals surface area contributed by atoms with Gasteiger partial charge in [0, 0.05) is 60.9 Å². The van der Waals surface area contributed by atoms with Gasteiger partial charge in [0.1, 0.15) is 23.4 Å². The Morgan fingerprint density at radius 2 is 1.83 bits per heavy atom. The maximum absolute atomic E-state index is 14.0. The zero-order valence-corrected chi connectivity index (χ0v) is 31.9. The number of carbonyl (C=O) groups excluding carboxylic acids is 1. The van der Waals surface area contributed by atoms with Crippen LogP contribution in [0.25, 0.3) is 32.8 Å². The lowest BCUT2D eigenvalue weighted by Gasteiger charge is -2.27. The van der Waals surface area contributed by atoms with Crippen LogP contribution in [0.2, 0.25) is 5.02 Å². The lowest BCUT2D eigenvalue weighted by atomic mass is 9.94. The Bertz CT molecular complexity index is 2070. The fraction of sp³-hybridized carbons (Fsp3) is 0.476. The van der Waals surface area contributed by atoms with Crippen molar-refractivity contribution in [2.24, 2.45) is 7.05 Å². The molecule has 2 aliphatic heterocycles. The van der Waals surface area contributed by atoms with Gasteiger partial charge in [-0.05, 0) is 99.7 Å². The summed E-state index contributed by atoms with van der Waals surface area (Å²) < 4.78 is 42.3. The number of fused-ring (bicyclic) bond motifs is 3. The first-order valence-electron chi connectivity index (χ1n) is 19.2. The van der Waals surface area contributed by atoms with E-state index in [0.29, 0.717) is 49.1 Å². The molecular weight excluding hydrogens is 695 g/mol. The maximum atomic E-state index is 14.0. The Balaban J connectivity index is 1.28. The average molecular weight is 745 g/mol. The third-order valence-electron chi connectivity index (χ3n) is 10.6. The van der Waals surface area contributed by atoms with Gasteiger partial charge in [0.15, 0.2) is 0 Å². The fourth-order valence-corrected chi connectivity index (χ4v) is 8.38. The van der Waals surface area contributed by atoms with E-state index in [1.807, 2.05) is 49.0 Å². The van der Waals surface area contributed by atoms with Crippen molar-refractivity contribution in [3.63, 3.8) is 0 Å². The number of carbonyl (C=O) groups is 1. The first-order chi connectivity index (χ1) is 25.9. The first kappa shape index (κ1) is 37.4. The van der Waals surface area contributed by atoms with Crippen LogP contribution in [0, 0.1) is 5.82 Å². The summed E-state index contributed by atoms with van der Waals surface area (Å²) in [5.41, 5.74) is 6.30. The minimum atomic E-state index is -0.341. The summed E-state index contributed by atoms with van der Waals surface area (Å²) >= 11 is 7.27. The number of hydrogen-bond acceptors (Lipinski definition) is 7. The number of aromatic nitrogens is 3. The quantitative estimate of drug-likeness (QED) is 0.0935. The molecule has 2 aromatic heterocycles. The van der Waals surface area contributed by atoms with Crippen LogP contribution in [0.5, 0.6) is 5.75 Å². The Morgan fingerprint density at radius 3 is 2.64 bits per heavy atom. The highest BCUT2D eigenvalue weighted by Crippen LogP contribution is 2.45. The Hall–Kier alpha value is -3.96. The molecule has 0 saturated carbocycles. The number of halogens is 2. The molecule has 1 unspecified atom stereocenters. The van der Waals surface area contributed by atoms with Crippen molar-refractivity contribution in [1.29, 1.82) is 0 Å². The summed E-state index contributed by atoms with van der Waals surface area (Å²) in [5.74, 6) is 0.0864. The fourth-order valence-electron chi connectivity index (χ4n) is 8.13. The van der Waals surface area contributed by atoms with Crippen molar-refractivity contribution in [3.05, 3.63) is 82.0 Å². The number of esters is 1. The van der Waals surface area contributed by atoms with Gasteiger partial charge in [-0.3, -0.25) is 9.58 Å². The summed E-state index contributed by atoms with van der Waals surface area (Å²) in [6.45, 7) is 10.3. The van der Waals surface area contributed by atoms with Crippen LogP contribution in [-0.2, 0) is 40.6 Å². The van der Waals surface area contributed by atoms with Gasteiger partial charge in [-0.2, -0.15) is 5.10 Å². The topological polar surface area (TPSA) is 80.0 Å². The number of ether oxygens (including phenoxy) is 4. The van der Waals surface area contributed by atoms with Crippen LogP contribution in [0.4, 0.5) is 4.39 Å². The van der Waals surface area contributed by atoms with Gasteiger partial charge in [-0.15, -0.1) is 0 Å². The van der Waals surface area contributed by atoms with Crippen LogP contribution in [-0.4, -0.2) is 77.9 Å². The van der Waals surface area contributed by atoms with E-state index in [1.54, 1.807) is 6.07 Å². The molecule has 0 amide bonds. The monoisotopic (exact) mass is 744 g/mol. The molecule has 3 aromatic carbocycles. The van der Waals surface area contributed by atoms with Crippen LogP contribution in [0.3, 0.4) is 0 Å². The van der Waals surface area contributed by atoms with Crippen LogP contribution in [0.1, 0.15) is 79.5 Å². The van der Waals surface area contributed by atoms with E-state index in [4.69, 9.17) is 35.6 Å². The molecule has 7 rings (SSSR count). The van der Waals surface area contributed by atoms with Crippen molar-refractivity contribution < 1.29 is 28.1 Å². The molecule has 1 fully saturated rings. The van der Waals surface area contributed by atoms with Gasteiger partial charge in [0.05, 0.1) is 42.7 Å². The van der Waals surface area contributed by atoms with E-state index < -0.39 is 0 Å². The summed E-state index contributed by atoms with van der Waals surface area (Å²) in [5, 5.41) is 8.39. The second-order valence-corrected chi connectivity index (χ2v) is 14.3. The van der Waals surface area contributed by atoms with E-state index in [9.17, 15) is 9.18 Å². The average Bonchev–Trinajstić information content (AvgIpc) is 3.65. The zero-order chi connectivity index (χ0) is 36.9. The molecule has 0 bridgehead atoms. The number of aryl methyl sites for hydroxylation is 3. The maximum Gasteiger partial charge on any atom is 0.355 e. The Kier molecular flexibility index (Phi) is 12.0. The number of nitrogens with zero attached hydrogens (tertiary/aromatic N) is 4. The number of rotatable bonds is 12. The van der Waals surface area contributed by atoms with Crippen molar-refractivity contribution >= 4 is 39.2 Å². The molecule has 53 heavy (non-hydrogen) atoms. The van der Waals surface area contributed by atoms with E-state index in [1.165, 1.54) is 12.1 Å². The van der Waals surface area contributed by atoms with Crippen LogP contribution < -0.4 is 4.74 Å². The van der Waals surface area contributed by atoms with Crippen molar-refractivity contribution in [2.45, 2.75) is 71.4 Å². The second-order valence-electron chi connectivity index (χ2n) is 13.9. The third-order valence-corrected chi connectivity index (χ3v) is 10.9. The molecule has 0 spiro atoms. The van der Waals surface area contributed by atoms with Crippen molar-refractivity contribution in [1.82, 2.24) is 19.2 Å². The predicted octanol–water partition coefficient (Wildman–Crippen LogP) is 8.70. The highest BCUT2D eigenvalue weighted by atomic mass is 35.5. The number of benzene rings is 3. The minimum Gasteiger partial charge on any atom is -0.493 e. The van der Waals surface area contributed by atoms with Gasteiger partial charge in [0.25, 0.3) is 0 Å². The van der Waals surface area contributed by atoms with E-state index in [2.05, 4.69) is 16.4 Å². The molecule has 0 N–H and O–H groups in total. The van der Waals surface area contributed by atoms with Crippen LogP contribution in [0.15, 0.2) is 48.5 Å². The molecule has 4 heterocycles. The molecule has 9 nitrogen and oxygen atoms in total. The number of morpholine rings is 1. The third kappa shape index (κ3) is 7.83. The molecule has 1 atom stereocenters. The Labute approximate surface area is 315 Å². The minimum absolute atomic E-state index is 0.197. The summed E-state index contributed by atoms with van der Waals surface area (Å²) in [4.78, 5) is 16.4. The first-order valence-corrected chi connectivity index (χ1v) is 19.6. The molecule has 11 heteroatoms. The SMILES string of the molecule is CCOC(=O)c1c(CCCOc2cccc3cc(F)ccc23)c2ccc(Cl)c3c2n1CCCCOC(CCCN1CCOCC1)c1nn(C)c(CC)c1-3. The summed E-state index contributed by atoms with van der Waals surface area (Å²) in [7, 11) is 2.00. The van der Waals surface area contributed by atoms with E-state index in [-0.39, 0.29) is 24.5 Å². The van der Waals surface area contributed by atoms with Crippen molar-refractivity contribution in [2.75, 3.05) is 52.7 Å². The lowest BCUT2D eigenvalue weighted by molar-refractivity contribution is 0.0233. The zero-order valence-electron chi connectivity index (χ0n) is 31.1. The van der Waals surface area contributed by atoms with Gasteiger partial charge >= 0.3 is 5.97 Å². The highest BCUT2D eigenvalue weighted by molar-refractivity contribution is 6.35. The molecule has 282 valence electrons. The van der Waals surface area contributed by atoms with E-state index >= 15 is 0 Å². The predicted molar refractivity (Wildman–Crippen MR) is 207 cm³/mol. The number of hydrogen-bond donors (Lipinski definition) is 0. The van der Waals surface area contributed by atoms with Gasteiger partial charge < -0.3 is 23.5 Å². The van der Waals surface area contributed by atoms with Crippen molar-refractivity contribution in [3.8, 4) is 16.9 Å². The van der Waals surface area contributed by atoms with Gasteiger partial charge in [-0.25, -0.2) is 9.18 Å². The molecular formula is C42H50ClFN4O5. The lowest BCUT2D eigenvalue weighted by Crippen LogP contribution is -2.36. The molecule has 5 aromatic rings. The standard InChI is InChI=1S/C42H50ClFN4O5/c1-4-34-38-37-33(43)18-17-32-31(12-10-24-52-35-13-8-11-28-27-29(44)15-16-30(28)35)41(42(49)51-5-2)48(40(32)37)20-6-7-23-53-36(39(38)45-46(34)3)14-9-19-47-21-25-50-26-22-47/h8,11,13,15-18,27,36H,4-7,9-10,12,14,19-26H2,1-3H3.